The van der Waals surface area contributed by atoms with Crippen molar-refractivity contribution >= 4 is 30.3 Å². The van der Waals surface area contributed by atoms with Gasteiger partial charge < -0.3 is 10.6 Å². The van der Waals surface area contributed by atoms with Gasteiger partial charge in [0.1, 0.15) is 6.17 Å². The topological polar surface area (TPSA) is 150 Å². The molecule has 0 aromatic carbocycles. The third-order valence-corrected chi connectivity index (χ3v) is 5.07. The molecule has 0 aromatic heterocycles. The van der Waals surface area contributed by atoms with Crippen LogP contribution in [0.25, 0.3) is 0 Å². The smallest absolute Gasteiger partial charge is 0.327 e. The normalized spacial score (nSPS) is 10.7. The standard InChI is InChI=1S/C23H38N6O5/c1-2-3-8-13-21(27-20-32)28-23(34)29(17-12-7-6-10-15-25-19-31)22(33)26-16-11-5-4-9-14-24-18-30/h21H,2-17H2,1H3,(H,26,33)(H,28,34). The van der Waals surface area contributed by atoms with Gasteiger partial charge in [0.05, 0.1) is 13.1 Å². The molecule has 0 aliphatic rings. The average molecular weight is 479 g/mol. The highest BCUT2D eigenvalue weighted by molar-refractivity contribution is 5.93. The van der Waals surface area contributed by atoms with Gasteiger partial charge in [-0.3, -0.25) is 0 Å². The molecule has 34 heavy (non-hydrogen) atoms. The van der Waals surface area contributed by atoms with Crippen LogP contribution in [0.15, 0.2) is 15.0 Å². The Morgan fingerprint density at radius 2 is 1.38 bits per heavy atom. The Morgan fingerprint density at radius 3 is 1.97 bits per heavy atom. The fourth-order valence-electron chi connectivity index (χ4n) is 3.20. The summed E-state index contributed by atoms with van der Waals surface area (Å²) in [6.45, 7) is 3.54. The highest BCUT2D eigenvalue weighted by atomic mass is 16.2. The molecule has 0 spiro atoms. The van der Waals surface area contributed by atoms with Gasteiger partial charge in [-0.15, -0.1) is 0 Å². The average Bonchev–Trinajstić information content (AvgIpc) is 2.82. The molecule has 0 saturated carbocycles. The van der Waals surface area contributed by atoms with Gasteiger partial charge >= 0.3 is 12.1 Å². The lowest BCUT2D eigenvalue weighted by atomic mass is 10.2. The molecule has 0 aliphatic heterocycles. The summed E-state index contributed by atoms with van der Waals surface area (Å²) < 4.78 is 0. The van der Waals surface area contributed by atoms with Crippen LogP contribution in [-0.4, -0.2) is 67.5 Å². The summed E-state index contributed by atoms with van der Waals surface area (Å²) in [4.78, 5) is 68.2. The Labute approximate surface area is 201 Å². The molecule has 11 heteroatoms. The Hall–Kier alpha value is -3.12. The van der Waals surface area contributed by atoms with E-state index in [1.54, 1.807) is 0 Å². The molecular weight excluding hydrogens is 440 g/mol. The van der Waals surface area contributed by atoms with Crippen molar-refractivity contribution in [3.05, 3.63) is 0 Å². The van der Waals surface area contributed by atoms with Crippen LogP contribution in [0, 0.1) is 0 Å². The van der Waals surface area contributed by atoms with Gasteiger partial charge in [0, 0.05) is 13.1 Å². The Morgan fingerprint density at radius 1 is 0.765 bits per heavy atom. The lowest BCUT2D eigenvalue weighted by Gasteiger charge is -2.23. The number of carbonyl (C=O) groups is 2. The lowest BCUT2D eigenvalue weighted by molar-refractivity contribution is 0.182. The largest absolute Gasteiger partial charge is 0.338 e. The van der Waals surface area contributed by atoms with Crippen molar-refractivity contribution in [1.82, 2.24) is 15.5 Å². The number of unbranched alkanes of at least 4 members (excludes halogenated alkanes) is 8. The molecule has 0 bridgehead atoms. The molecule has 1 atom stereocenters. The molecule has 0 aliphatic carbocycles. The van der Waals surface area contributed by atoms with Crippen molar-refractivity contribution in [1.29, 1.82) is 0 Å². The quantitative estimate of drug-likeness (QED) is 0.155. The summed E-state index contributed by atoms with van der Waals surface area (Å²) in [6, 6.07) is -1.11. The first-order valence-corrected chi connectivity index (χ1v) is 12.1. The summed E-state index contributed by atoms with van der Waals surface area (Å²) in [5.41, 5.74) is 0. The maximum atomic E-state index is 12.8. The molecule has 11 nitrogen and oxygen atoms in total. The van der Waals surface area contributed by atoms with E-state index in [9.17, 15) is 24.0 Å². The van der Waals surface area contributed by atoms with Crippen molar-refractivity contribution in [3.63, 3.8) is 0 Å². The predicted molar refractivity (Wildman–Crippen MR) is 128 cm³/mol. The highest BCUT2D eigenvalue weighted by Gasteiger charge is 2.23. The molecule has 0 saturated heterocycles. The predicted octanol–water partition coefficient (Wildman–Crippen LogP) is 3.74. The Bertz CT molecular complexity index is 713. The van der Waals surface area contributed by atoms with Crippen LogP contribution in [-0.2, 0) is 14.4 Å². The van der Waals surface area contributed by atoms with E-state index >= 15 is 0 Å². The third kappa shape index (κ3) is 17.4. The SMILES string of the molecule is CCCCCC(N=C=O)NC(=O)N(CCCCCCN=C=O)C(=O)NCCCCCCN=C=O. The minimum Gasteiger partial charge on any atom is -0.338 e. The number of hydrogen-bond donors (Lipinski definition) is 2. The molecule has 0 aromatic rings. The molecule has 4 amide bonds. The van der Waals surface area contributed by atoms with E-state index in [1.165, 1.54) is 18.2 Å². The minimum atomic E-state index is -0.720. The third-order valence-electron chi connectivity index (χ3n) is 5.07. The van der Waals surface area contributed by atoms with E-state index in [-0.39, 0.29) is 6.54 Å². The molecule has 1 unspecified atom stereocenters. The van der Waals surface area contributed by atoms with E-state index in [2.05, 4.69) is 25.6 Å². The van der Waals surface area contributed by atoms with Crippen molar-refractivity contribution in [3.8, 4) is 0 Å². The van der Waals surface area contributed by atoms with Crippen molar-refractivity contribution in [2.75, 3.05) is 26.2 Å². The van der Waals surface area contributed by atoms with Crippen LogP contribution < -0.4 is 10.6 Å². The summed E-state index contributed by atoms with van der Waals surface area (Å²) >= 11 is 0. The van der Waals surface area contributed by atoms with E-state index in [0.717, 1.165) is 69.1 Å². The number of hydrogen-bond acceptors (Lipinski definition) is 8. The Kier molecular flexibility index (Phi) is 20.9. The van der Waals surface area contributed by atoms with Gasteiger partial charge in [-0.1, -0.05) is 45.4 Å². The van der Waals surface area contributed by atoms with Crippen molar-refractivity contribution < 1.29 is 24.0 Å². The van der Waals surface area contributed by atoms with Crippen LogP contribution in [0.3, 0.4) is 0 Å². The van der Waals surface area contributed by atoms with Crippen LogP contribution in [0.2, 0.25) is 0 Å². The van der Waals surface area contributed by atoms with E-state index in [4.69, 9.17) is 0 Å². The summed E-state index contributed by atoms with van der Waals surface area (Å²) in [6.07, 6.45) is 13.2. The van der Waals surface area contributed by atoms with E-state index < -0.39 is 18.2 Å². The van der Waals surface area contributed by atoms with Gasteiger partial charge in [0.15, 0.2) is 0 Å². The van der Waals surface area contributed by atoms with Gasteiger partial charge in [-0.25, -0.2) is 38.9 Å². The molecule has 0 heterocycles. The number of rotatable bonds is 20. The zero-order valence-corrected chi connectivity index (χ0v) is 20.2. The second-order valence-electron chi connectivity index (χ2n) is 7.84. The monoisotopic (exact) mass is 478 g/mol. The first kappa shape index (κ1) is 30.9. The second-order valence-corrected chi connectivity index (χ2v) is 7.84. The number of amides is 4. The zero-order chi connectivity index (χ0) is 25.3. The molecule has 2 N–H and O–H groups in total. The van der Waals surface area contributed by atoms with Gasteiger partial charge in [-0.2, -0.15) is 4.99 Å². The van der Waals surface area contributed by atoms with Crippen LogP contribution in [0.1, 0.15) is 84.0 Å². The van der Waals surface area contributed by atoms with Crippen LogP contribution >= 0.6 is 0 Å². The number of nitrogens with zero attached hydrogens (tertiary/aromatic N) is 4. The van der Waals surface area contributed by atoms with Crippen molar-refractivity contribution in [2.24, 2.45) is 15.0 Å². The number of nitrogens with one attached hydrogen (secondary N) is 2. The number of urea groups is 2. The lowest BCUT2D eigenvalue weighted by Crippen LogP contribution is -2.51. The van der Waals surface area contributed by atoms with E-state index in [1.807, 2.05) is 6.92 Å². The molecule has 0 rings (SSSR count). The first-order chi connectivity index (χ1) is 16.6. The van der Waals surface area contributed by atoms with Gasteiger partial charge in [-0.05, 0) is 38.5 Å². The number of imide groups is 1. The zero-order valence-electron chi connectivity index (χ0n) is 20.2. The van der Waals surface area contributed by atoms with Crippen molar-refractivity contribution in [2.45, 2.75) is 90.1 Å². The fraction of sp³-hybridized carbons (Fsp3) is 0.783. The maximum Gasteiger partial charge on any atom is 0.327 e. The number of carbonyl (C=O) groups excluding carboxylic acids is 5. The first-order valence-electron chi connectivity index (χ1n) is 12.1. The molecular formula is C23H38N6O5. The minimum absolute atomic E-state index is 0.213. The summed E-state index contributed by atoms with van der Waals surface area (Å²) in [5, 5.41) is 5.42. The summed E-state index contributed by atoms with van der Waals surface area (Å²) in [5.74, 6) is 0. The van der Waals surface area contributed by atoms with E-state index in [0.29, 0.717) is 32.5 Å². The fourth-order valence-corrected chi connectivity index (χ4v) is 3.20. The van der Waals surface area contributed by atoms with Gasteiger partial charge in [0.25, 0.3) is 0 Å². The molecule has 0 fully saturated rings. The molecule has 190 valence electrons. The number of isocyanates is 3. The maximum absolute atomic E-state index is 12.8. The summed E-state index contributed by atoms with van der Waals surface area (Å²) in [7, 11) is 0. The number of aliphatic imine (C=N–C) groups is 3. The van der Waals surface area contributed by atoms with Crippen LogP contribution in [0.5, 0.6) is 0 Å². The highest BCUT2D eigenvalue weighted by Crippen LogP contribution is 2.07. The Balaban J connectivity index is 4.75. The molecule has 0 radical (unpaired) electrons. The van der Waals surface area contributed by atoms with Gasteiger partial charge in [0.2, 0.25) is 18.2 Å². The second kappa shape index (κ2) is 23.1. The van der Waals surface area contributed by atoms with Crippen LogP contribution in [0.4, 0.5) is 9.59 Å².